The van der Waals surface area contributed by atoms with Crippen molar-refractivity contribution in [1.29, 1.82) is 0 Å². The van der Waals surface area contributed by atoms with Gasteiger partial charge in [0, 0.05) is 17.5 Å². The average molecular weight is 238 g/mol. The molecule has 0 spiro atoms. The van der Waals surface area contributed by atoms with Gasteiger partial charge in [0.05, 0.1) is 5.69 Å². The summed E-state index contributed by atoms with van der Waals surface area (Å²) in [6.45, 7) is 7.47. The highest BCUT2D eigenvalue weighted by atomic mass is 32.1. The number of thiazole rings is 1. The Balaban J connectivity index is 1.73. The Morgan fingerprint density at radius 3 is 2.69 bits per heavy atom. The lowest BCUT2D eigenvalue weighted by Crippen LogP contribution is -2.29. The predicted molar refractivity (Wildman–Crippen MR) is 69.8 cm³/mol. The van der Waals surface area contributed by atoms with Crippen LogP contribution in [0.3, 0.4) is 0 Å². The molecule has 0 radical (unpaired) electrons. The molecular weight excluding hydrogens is 216 g/mol. The first-order chi connectivity index (χ1) is 7.65. The fourth-order valence-electron chi connectivity index (χ4n) is 2.19. The molecule has 0 amide bonds. The van der Waals surface area contributed by atoms with Gasteiger partial charge in [-0.3, -0.25) is 0 Å². The van der Waals surface area contributed by atoms with Crippen molar-refractivity contribution >= 4 is 11.3 Å². The summed E-state index contributed by atoms with van der Waals surface area (Å²) in [4.78, 5) is 5.90. The quantitative estimate of drug-likeness (QED) is 0.850. The summed E-state index contributed by atoms with van der Waals surface area (Å²) in [6.07, 6.45) is 5.68. The van der Waals surface area contributed by atoms with Gasteiger partial charge in [0.2, 0.25) is 0 Å². The van der Waals surface area contributed by atoms with Crippen molar-refractivity contribution < 1.29 is 0 Å². The van der Waals surface area contributed by atoms with E-state index in [-0.39, 0.29) is 0 Å². The van der Waals surface area contributed by atoms with E-state index in [4.69, 9.17) is 0 Å². The highest BCUT2D eigenvalue weighted by molar-refractivity contribution is 7.11. The van der Waals surface area contributed by atoms with E-state index in [1.165, 1.54) is 41.3 Å². The number of hydrogen-bond donors (Lipinski definition) is 1. The molecule has 1 aliphatic rings. The van der Waals surface area contributed by atoms with E-state index in [1.807, 2.05) is 11.3 Å². The van der Waals surface area contributed by atoms with Crippen LogP contribution in [0.25, 0.3) is 0 Å². The third-order valence-corrected chi connectivity index (χ3v) is 4.66. The molecule has 1 N–H and O–H groups in total. The molecule has 1 fully saturated rings. The van der Waals surface area contributed by atoms with Gasteiger partial charge in [-0.1, -0.05) is 19.3 Å². The summed E-state index contributed by atoms with van der Waals surface area (Å²) >= 11 is 1.82. The van der Waals surface area contributed by atoms with Crippen LogP contribution in [0, 0.1) is 19.8 Å². The molecule has 0 bridgehead atoms. The first kappa shape index (κ1) is 12.1. The first-order valence-electron chi connectivity index (χ1n) is 6.31. The summed E-state index contributed by atoms with van der Waals surface area (Å²) in [5, 5.41) is 4.82. The molecule has 2 rings (SSSR count). The fourth-order valence-corrected chi connectivity index (χ4v) is 3.07. The van der Waals surface area contributed by atoms with E-state index in [1.54, 1.807) is 0 Å². The van der Waals surface area contributed by atoms with Gasteiger partial charge < -0.3 is 5.32 Å². The molecule has 1 aromatic heterocycles. The van der Waals surface area contributed by atoms with Crippen LogP contribution < -0.4 is 5.32 Å². The van der Waals surface area contributed by atoms with E-state index in [9.17, 15) is 0 Å². The molecule has 1 aromatic rings. The monoisotopic (exact) mass is 238 g/mol. The molecule has 0 aliphatic heterocycles. The Morgan fingerprint density at radius 2 is 2.19 bits per heavy atom. The van der Waals surface area contributed by atoms with E-state index in [0.29, 0.717) is 6.04 Å². The van der Waals surface area contributed by atoms with Crippen molar-refractivity contribution in [3.63, 3.8) is 0 Å². The molecule has 1 atom stereocenters. The van der Waals surface area contributed by atoms with Gasteiger partial charge in [-0.25, -0.2) is 4.98 Å². The number of rotatable bonds is 5. The van der Waals surface area contributed by atoms with Crippen molar-refractivity contribution in [2.24, 2.45) is 5.92 Å². The van der Waals surface area contributed by atoms with Crippen molar-refractivity contribution in [1.82, 2.24) is 10.3 Å². The number of hydrogen-bond acceptors (Lipinski definition) is 3. The molecule has 0 saturated heterocycles. The van der Waals surface area contributed by atoms with Gasteiger partial charge in [0.25, 0.3) is 0 Å². The van der Waals surface area contributed by atoms with Crippen molar-refractivity contribution in [3.05, 3.63) is 15.6 Å². The SMILES string of the molecule is Cc1nc(CNC(C)CC2CCC2)sc1C. The van der Waals surface area contributed by atoms with Gasteiger partial charge in [0.15, 0.2) is 0 Å². The lowest BCUT2D eigenvalue weighted by atomic mass is 9.81. The molecule has 1 heterocycles. The van der Waals surface area contributed by atoms with Crippen LogP contribution in [-0.4, -0.2) is 11.0 Å². The summed E-state index contributed by atoms with van der Waals surface area (Å²) in [7, 11) is 0. The Labute approximate surface area is 102 Å². The molecule has 16 heavy (non-hydrogen) atoms. The van der Waals surface area contributed by atoms with Crippen LogP contribution in [-0.2, 0) is 6.54 Å². The topological polar surface area (TPSA) is 24.9 Å². The van der Waals surface area contributed by atoms with Crippen molar-refractivity contribution in [2.75, 3.05) is 0 Å². The van der Waals surface area contributed by atoms with Crippen LogP contribution in [0.5, 0.6) is 0 Å². The van der Waals surface area contributed by atoms with Crippen LogP contribution in [0.4, 0.5) is 0 Å². The normalized spacial score (nSPS) is 18.4. The number of aryl methyl sites for hydroxylation is 2. The van der Waals surface area contributed by atoms with Gasteiger partial charge >= 0.3 is 0 Å². The second-order valence-corrected chi connectivity index (χ2v) is 6.35. The molecule has 2 nitrogen and oxygen atoms in total. The van der Waals surface area contributed by atoms with Crippen LogP contribution in [0.2, 0.25) is 0 Å². The Morgan fingerprint density at radius 1 is 1.44 bits per heavy atom. The molecule has 1 aliphatic carbocycles. The lowest BCUT2D eigenvalue weighted by molar-refractivity contribution is 0.265. The molecule has 1 saturated carbocycles. The summed E-state index contributed by atoms with van der Waals surface area (Å²) in [5.74, 6) is 0.988. The maximum Gasteiger partial charge on any atom is 0.107 e. The largest absolute Gasteiger partial charge is 0.308 e. The Kier molecular flexibility index (Phi) is 3.98. The molecule has 0 aromatic carbocycles. The second kappa shape index (κ2) is 5.28. The standard InChI is InChI=1S/C13H22N2S/c1-9(7-12-5-4-6-12)14-8-13-15-10(2)11(3)16-13/h9,12,14H,4-8H2,1-3H3. The van der Waals surface area contributed by atoms with Crippen LogP contribution >= 0.6 is 11.3 Å². The summed E-state index contributed by atoms with van der Waals surface area (Å²) in [5.41, 5.74) is 1.19. The molecular formula is C13H22N2S. The average Bonchev–Trinajstić information content (AvgIpc) is 2.50. The number of aromatic nitrogens is 1. The van der Waals surface area contributed by atoms with Crippen LogP contribution in [0.1, 0.15) is 48.2 Å². The van der Waals surface area contributed by atoms with Crippen LogP contribution in [0.15, 0.2) is 0 Å². The highest BCUT2D eigenvalue weighted by Gasteiger charge is 2.19. The Hall–Kier alpha value is -0.410. The molecule has 1 unspecified atom stereocenters. The molecule has 3 heteroatoms. The van der Waals surface area contributed by atoms with Crippen molar-refractivity contribution in [2.45, 2.75) is 59.0 Å². The van der Waals surface area contributed by atoms with E-state index in [2.05, 4.69) is 31.1 Å². The second-order valence-electron chi connectivity index (χ2n) is 5.06. The fraction of sp³-hybridized carbons (Fsp3) is 0.769. The third kappa shape index (κ3) is 3.05. The minimum Gasteiger partial charge on any atom is -0.308 e. The van der Waals surface area contributed by atoms with E-state index < -0.39 is 0 Å². The van der Waals surface area contributed by atoms with E-state index in [0.717, 1.165) is 12.5 Å². The van der Waals surface area contributed by atoms with Crippen molar-refractivity contribution in [3.8, 4) is 0 Å². The van der Waals surface area contributed by atoms with Gasteiger partial charge in [0.1, 0.15) is 5.01 Å². The zero-order valence-electron chi connectivity index (χ0n) is 10.5. The smallest absolute Gasteiger partial charge is 0.107 e. The summed E-state index contributed by atoms with van der Waals surface area (Å²) < 4.78 is 0. The van der Waals surface area contributed by atoms with E-state index >= 15 is 0 Å². The molecule has 90 valence electrons. The van der Waals surface area contributed by atoms with Gasteiger partial charge in [-0.15, -0.1) is 11.3 Å². The zero-order chi connectivity index (χ0) is 11.5. The van der Waals surface area contributed by atoms with Gasteiger partial charge in [-0.2, -0.15) is 0 Å². The first-order valence-corrected chi connectivity index (χ1v) is 7.13. The maximum atomic E-state index is 4.55. The minimum atomic E-state index is 0.634. The number of nitrogens with zero attached hydrogens (tertiary/aromatic N) is 1. The predicted octanol–water partition coefficient (Wildman–Crippen LogP) is 3.43. The zero-order valence-corrected chi connectivity index (χ0v) is 11.4. The third-order valence-electron chi connectivity index (χ3n) is 3.59. The number of nitrogens with one attached hydrogen (secondary N) is 1. The summed E-state index contributed by atoms with van der Waals surface area (Å²) in [6, 6.07) is 0.634. The maximum absolute atomic E-state index is 4.55. The lowest BCUT2D eigenvalue weighted by Gasteiger charge is -2.28. The Bertz CT molecular complexity index is 322. The minimum absolute atomic E-state index is 0.634. The van der Waals surface area contributed by atoms with Gasteiger partial charge in [-0.05, 0) is 33.1 Å². The highest BCUT2D eigenvalue weighted by Crippen LogP contribution is 2.30.